The second-order valence-electron chi connectivity index (χ2n) is 3.84. The minimum absolute atomic E-state index is 0.0377. The van der Waals surface area contributed by atoms with Crippen LogP contribution in [0.2, 0.25) is 15.1 Å². The van der Waals surface area contributed by atoms with E-state index in [-0.39, 0.29) is 5.84 Å². The van der Waals surface area contributed by atoms with Crippen molar-refractivity contribution in [2.24, 2.45) is 10.9 Å². The SMILES string of the molecule is NC(=NO)c1ccc(Oc2cc(Cl)cc(Cl)c2)c(Cl)c1. The van der Waals surface area contributed by atoms with Crippen molar-refractivity contribution >= 4 is 40.6 Å². The number of amidine groups is 1. The molecule has 0 spiro atoms. The summed E-state index contributed by atoms with van der Waals surface area (Å²) in [6, 6.07) is 9.56. The van der Waals surface area contributed by atoms with E-state index < -0.39 is 0 Å². The number of rotatable bonds is 3. The van der Waals surface area contributed by atoms with Crippen molar-refractivity contribution in [3.63, 3.8) is 0 Å². The number of hydrogen-bond acceptors (Lipinski definition) is 3. The lowest BCUT2D eigenvalue weighted by Gasteiger charge is -2.09. The molecule has 0 fully saturated rings. The summed E-state index contributed by atoms with van der Waals surface area (Å²) < 4.78 is 5.60. The fourth-order valence-electron chi connectivity index (χ4n) is 1.52. The lowest BCUT2D eigenvalue weighted by atomic mass is 10.2. The first-order valence-corrected chi connectivity index (χ1v) is 6.54. The van der Waals surface area contributed by atoms with Crippen LogP contribution in [0.4, 0.5) is 0 Å². The van der Waals surface area contributed by atoms with E-state index in [9.17, 15) is 0 Å². The molecule has 0 aliphatic carbocycles. The minimum atomic E-state index is -0.0377. The first-order valence-electron chi connectivity index (χ1n) is 5.41. The molecule has 2 aromatic carbocycles. The molecule has 20 heavy (non-hydrogen) atoms. The molecule has 0 saturated heterocycles. The van der Waals surface area contributed by atoms with Crippen molar-refractivity contribution in [3.8, 4) is 11.5 Å². The summed E-state index contributed by atoms with van der Waals surface area (Å²) in [7, 11) is 0. The Morgan fingerprint density at radius 3 is 2.25 bits per heavy atom. The summed E-state index contributed by atoms with van der Waals surface area (Å²) in [5.74, 6) is 0.824. The van der Waals surface area contributed by atoms with Gasteiger partial charge in [0.2, 0.25) is 0 Å². The zero-order chi connectivity index (χ0) is 14.7. The van der Waals surface area contributed by atoms with Gasteiger partial charge in [-0.3, -0.25) is 0 Å². The van der Waals surface area contributed by atoms with Crippen LogP contribution in [0.15, 0.2) is 41.6 Å². The van der Waals surface area contributed by atoms with Gasteiger partial charge in [0.25, 0.3) is 0 Å². The van der Waals surface area contributed by atoms with Gasteiger partial charge >= 0.3 is 0 Å². The van der Waals surface area contributed by atoms with E-state index in [4.69, 9.17) is 50.5 Å². The van der Waals surface area contributed by atoms with Crippen LogP contribution in [0.1, 0.15) is 5.56 Å². The maximum Gasteiger partial charge on any atom is 0.170 e. The maximum absolute atomic E-state index is 8.60. The predicted octanol–water partition coefficient (Wildman–Crippen LogP) is 4.53. The first kappa shape index (κ1) is 14.8. The maximum atomic E-state index is 8.60. The van der Waals surface area contributed by atoms with Crippen LogP contribution in [-0.2, 0) is 0 Å². The normalized spacial score (nSPS) is 11.4. The fraction of sp³-hybridized carbons (Fsp3) is 0. The second kappa shape index (κ2) is 6.22. The summed E-state index contributed by atoms with van der Waals surface area (Å²) in [5.41, 5.74) is 5.95. The van der Waals surface area contributed by atoms with Crippen LogP contribution < -0.4 is 10.5 Å². The van der Waals surface area contributed by atoms with Crippen LogP contribution in [0.5, 0.6) is 11.5 Å². The lowest BCUT2D eigenvalue weighted by Crippen LogP contribution is -2.12. The van der Waals surface area contributed by atoms with E-state index in [1.165, 1.54) is 6.07 Å². The van der Waals surface area contributed by atoms with Gasteiger partial charge in [0, 0.05) is 15.6 Å². The van der Waals surface area contributed by atoms with E-state index in [0.717, 1.165) is 0 Å². The largest absolute Gasteiger partial charge is 0.456 e. The van der Waals surface area contributed by atoms with Crippen molar-refractivity contribution in [3.05, 3.63) is 57.0 Å². The Balaban J connectivity index is 2.30. The van der Waals surface area contributed by atoms with E-state index >= 15 is 0 Å². The van der Waals surface area contributed by atoms with Gasteiger partial charge in [-0.05, 0) is 36.4 Å². The summed E-state index contributed by atoms with van der Waals surface area (Å²) in [5, 5.41) is 12.7. The molecule has 0 aliphatic heterocycles. The zero-order valence-electron chi connectivity index (χ0n) is 9.98. The van der Waals surface area contributed by atoms with Gasteiger partial charge in [-0.25, -0.2) is 0 Å². The molecule has 3 N–H and O–H groups in total. The summed E-state index contributed by atoms with van der Waals surface area (Å²) in [6.45, 7) is 0. The van der Waals surface area contributed by atoms with Crippen LogP contribution in [-0.4, -0.2) is 11.0 Å². The highest BCUT2D eigenvalue weighted by Gasteiger charge is 2.08. The highest BCUT2D eigenvalue weighted by Crippen LogP contribution is 2.32. The minimum Gasteiger partial charge on any atom is -0.456 e. The van der Waals surface area contributed by atoms with Crippen LogP contribution >= 0.6 is 34.8 Å². The number of halogens is 3. The number of benzene rings is 2. The Bertz CT molecular complexity index is 654. The highest BCUT2D eigenvalue weighted by atomic mass is 35.5. The van der Waals surface area contributed by atoms with Crippen molar-refractivity contribution in [1.82, 2.24) is 0 Å². The van der Waals surface area contributed by atoms with E-state index in [0.29, 0.717) is 32.1 Å². The average Bonchev–Trinajstić information content (AvgIpc) is 2.39. The molecule has 0 amide bonds. The van der Waals surface area contributed by atoms with Crippen molar-refractivity contribution in [2.45, 2.75) is 0 Å². The molecule has 2 rings (SSSR count). The number of nitrogens with zero attached hydrogens (tertiary/aromatic N) is 1. The predicted molar refractivity (Wildman–Crippen MR) is 80.5 cm³/mol. The molecule has 0 aliphatic rings. The monoisotopic (exact) mass is 330 g/mol. The van der Waals surface area contributed by atoms with Gasteiger partial charge in [0.1, 0.15) is 11.5 Å². The molecule has 0 saturated carbocycles. The Kier molecular flexibility index (Phi) is 4.60. The van der Waals surface area contributed by atoms with Crippen LogP contribution in [0.25, 0.3) is 0 Å². The summed E-state index contributed by atoms with van der Waals surface area (Å²) in [6.07, 6.45) is 0. The average molecular weight is 332 g/mol. The zero-order valence-corrected chi connectivity index (χ0v) is 12.2. The Labute approximate surface area is 130 Å². The Morgan fingerprint density at radius 2 is 1.70 bits per heavy atom. The molecular weight excluding hydrogens is 323 g/mol. The third kappa shape index (κ3) is 3.48. The second-order valence-corrected chi connectivity index (χ2v) is 5.12. The van der Waals surface area contributed by atoms with Gasteiger partial charge in [-0.15, -0.1) is 0 Å². The third-order valence-corrected chi connectivity index (χ3v) is 3.13. The molecule has 0 bridgehead atoms. The number of ether oxygens (including phenoxy) is 1. The Hall–Kier alpha value is -1.62. The molecule has 104 valence electrons. The van der Waals surface area contributed by atoms with E-state index in [1.807, 2.05) is 0 Å². The topological polar surface area (TPSA) is 67.8 Å². The van der Waals surface area contributed by atoms with Gasteiger partial charge in [-0.1, -0.05) is 40.0 Å². The lowest BCUT2D eigenvalue weighted by molar-refractivity contribution is 0.318. The first-order chi connectivity index (χ1) is 9.49. The van der Waals surface area contributed by atoms with Crippen molar-refractivity contribution in [1.29, 1.82) is 0 Å². The number of nitrogens with two attached hydrogens (primary N) is 1. The van der Waals surface area contributed by atoms with Gasteiger partial charge in [0.05, 0.1) is 5.02 Å². The number of oxime groups is 1. The standard InChI is InChI=1S/C13H9Cl3N2O2/c14-8-4-9(15)6-10(5-8)20-12-2-1-7(3-11(12)16)13(17)18-19/h1-6,19H,(H2,17,18). The Morgan fingerprint density at radius 1 is 1.05 bits per heavy atom. The molecule has 2 aromatic rings. The molecule has 0 radical (unpaired) electrons. The van der Waals surface area contributed by atoms with Gasteiger partial charge < -0.3 is 15.7 Å². The summed E-state index contributed by atoms with van der Waals surface area (Å²) in [4.78, 5) is 0. The number of hydrogen-bond donors (Lipinski definition) is 2. The highest BCUT2D eigenvalue weighted by molar-refractivity contribution is 6.35. The van der Waals surface area contributed by atoms with E-state index in [2.05, 4.69) is 5.16 Å². The van der Waals surface area contributed by atoms with Crippen molar-refractivity contribution < 1.29 is 9.94 Å². The van der Waals surface area contributed by atoms with Crippen molar-refractivity contribution in [2.75, 3.05) is 0 Å². The fourth-order valence-corrected chi connectivity index (χ4v) is 2.24. The molecule has 0 heterocycles. The van der Waals surface area contributed by atoms with E-state index in [1.54, 1.807) is 30.3 Å². The van der Waals surface area contributed by atoms with Crippen LogP contribution in [0, 0.1) is 0 Å². The molecule has 7 heteroatoms. The van der Waals surface area contributed by atoms with Gasteiger partial charge in [-0.2, -0.15) is 0 Å². The van der Waals surface area contributed by atoms with Gasteiger partial charge in [0.15, 0.2) is 5.84 Å². The quantitative estimate of drug-likeness (QED) is 0.376. The molecule has 4 nitrogen and oxygen atoms in total. The molecule has 0 aromatic heterocycles. The third-order valence-electron chi connectivity index (χ3n) is 2.40. The smallest absolute Gasteiger partial charge is 0.170 e. The molecule has 0 atom stereocenters. The summed E-state index contributed by atoms with van der Waals surface area (Å²) >= 11 is 17.8. The molecular formula is C13H9Cl3N2O2. The van der Waals surface area contributed by atoms with Crippen LogP contribution in [0.3, 0.4) is 0 Å². The molecule has 0 unspecified atom stereocenters.